The summed E-state index contributed by atoms with van der Waals surface area (Å²) in [7, 11) is -4.40. The largest absolute Gasteiger partial charge is 0.435 e. The second-order valence-electron chi connectivity index (χ2n) is 9.82. The number of halogens is 3. The highest BCUT2D eigenvalue weighted by Crippen LogP contribution is 2.33. The van der Waals surface area contributed by atoms with Crippen molar-refractivity contribution < 1.29 is 36.4 Å². The quantitative estimate of drug-likeness (QED) is 0.0726. The average molecular weight is 623 g/mol. The molecule has 0 saturated carbocycles. The maximum Gasteiger partial charge on any atom is 0.435 e. The lowest BCUT2D eigenvalue weighted by Gasteiger charge is -2.18. The van der Waals surface area contributed by atoms with Crippen molar-refractivity contribution in [2.45, 2.75) is 69.5 Å². The molecule has 43 heavy (non-hydrogen) atoms. The number of alkyl halides is 3. The molecule has 0 unspecified atom stereocenters. The number of sulfonamides is 1. The van der Waals surface area contributed by atoms with E-state index in [0.29, 0.717) is 31.2 Å². The van der Waals surface area contributed by atoms with Crippen molar-refractivity contribution in [2.75, 3.05) is 0 Å². The first kappa shape index (κ1) is 33.1. The summed E-state index contributed by atoms with van der Waals surface area (Å²) in [6.45, 7) is 3.43. The van der Waals surface area contributed by atoms with Gasteiger partial charge in [-0.1, -0.05) is 54.8 Å². The van der Waals surface area contributed by atoms with Crippen LogP contribution in [0.5, 0.6) is 0 Å². The van der Waals surface area contributed by atoms with E-state index in [1.807, 2.05) is 11.6 Å². The van der Waals surface area contributed by atoms with E-state index in [-0.39, 0.29) is 35.0 Å². The summed E-state index contributed by atoms with van der Waals surface area (Å²) in [5, 5.41) is 17.7. The minimum atomic E-state index is -4.71. The SMILES string of the molecule is CCC(=O)N[C@@H](CCCCC/C(N)=N/O)C(=O)NS(=O)(=O)c1ccc(-n2nc(C(F)(F)F)cc2-c2ccc(C)cc2)cc1. The Bertz CT molecular complexity index is 1550. The molecule has 3 aromatic rings. The molecule has 1 heterocycles. The maximum atomic E-state index is 13.5. The number of hydrogen-bond donors (Lipinski definition) is 4. The lowest BCUT2D eigenvalue weighted by atomic mass is 10.1. The molecule has 0 aliphatic carbocycles. The molecule has 0 radical (unpaired) electrons. The van der Waals surface area contributed by atoms with Gasteiger partial charge in [-0.3, -0.25) is 9.59 Å². The van der Waals surface area contributed by atoms with E-state index >= 15 is 0 Å². The van der Waals surface area contributed by atoms with Gasteiger partial charge in [0, 0.05) is 18.4 Å². The predicted octanol–water partition coefficient (Wildman–Crippen LogP) is 4.26. The maximum absolute atomic E-state index is 13.5. The van der Waals surface area contributed by atoms with Crippen LogP contribution < -0.4 is 15.8 Å². The summed E-state index contributed by atoms with van der Waals surface area (Å²) in [5.41, 5.74) is 6.02. The Morgan fingerprint density at radius 1 is 1.07 bits per heavy atom. The van der Waals surface area contributed by atoms with Gasteiger partial charge in [0.25, 0.3) is 15.9 Å². The van der Waals surface area contributed by atoms with Gasteiger partial charge in [-0.2, -0.15) is 18.3 Å². The zero-order valence-corrected chi connectivity index (χ0v) is 24.4. The zero-order chi connectivity index (χ0) is 31.8. The Hall–Kier alpha value is -4.40. The summed E-state index contributed by atoms with van der Waals surface area (Å²) in [4.78, 5) is 24.6. The van der Waals surface area contributed by atoms with Crippen molar-refractivity contribution in [3.63, 3.8) is 0 Å². The van der Waals surface area contributed by atoms with Crippen LogP contribution in [0.15, 0.2) is 64.6 Å². The molecule has 0 aliphatic heterocycles. The topological polar surface area (TPSA) is 169 Å². The molecular formula is C28H33F3N6O5S. The third-order valence-corrected chi connectivity index (χ3v) is 7.86. The van der Waals surface area contributed by atoms with Gasteiger partial charge < -0.3 is 16.3 Å². The fourth-order valence-electron chi connectivity index (χ4n) is 4.12. The highest BCUT2D eigenvalue weighted by Gasteiger charge is 2.35. The first-order valence-corrected chi connectivity index (χ1v) is 14.9. The van der Waals surface area contributed by atoms with E-state index < -0.39 is 39.7 Å². The Morgan fingerprint density at radius 3 is 2.30 bits per heavy atom. The number of amides is 2. The van der Waals surface area contributed by atoms with E-state index in [1.54, 1.807) is 31.2 Å². The predicted molar refractivity (Wildman–Crippen MR) is 153 cm³/mol. The van der Waals surface area contributed by atoms with Gasteiger partial charge in [0.1, 0.15) is 11.9 Å². The van der Waals surface area contributed by atoms with Crippen molar-refractivity contribution >= 4 is 27.7 Å². The van der Waals surface area contributed by atoms with Gasteiger partial charge in [-0.25, -0.2) is 17.8 Å². The van der Waals surface area contributed by atoms with Crippen LogP contribution in [0.1, 0.15) is 56.7 Å². The molecule has 2 amide bonds. The Balaban J connectivity index is 1.80. The first-order chi connectivity index (χ1) is 20.2. The first-order valence-electron chi connectivity index (χ1n) is 13.4. The van der Waals surface area contributed by atoms with Crippen LogP contribution in [-0.4, -0.2) is 47.1 Å². The van der Waals surface area contributed by atoms with Gasteiger partial charge in [0.15, 0.2) is 5.69 Å². The van der Waals surface area contributed by atoms with Gasteiger partial charge in [-0.15, -0.1) is 0 Å². The van der Waals surface area contributed by atoms with Crippen LogP contribution >= 0.6 is 0 Å². The minimum Gasteiger partial charge on any atom is -0.409 e. The molecule has 11 nitrogen and oxygen atoms in total. The zero-order valence-electron chi connectivity index (χ0n) is 23.6. The van der Waals surface area contributed by atoms with Gasteiger partial charge in [0.05, 0.1) is 16.3 Å². The molecule has 0 saturated heterocycles. The average Bonchev–Trinajstić information content (AvgIpc) is 3.42. The van der Waals surface area contributed by atoms with Crippen molar-refractivity contribution in [2.24, 2.45) is 10.9 Å². The number of nitrogens with one attached hydrogen (secondary N) is 2. The van der Waals surface area contributed by atoms with Crippen LogP contribution in [-0.2, 0) is 25.8 Å². The summed E-state index contributed by atoms with van der Waals surface area (Å²) in [6, 6.07) is 11.4. The fraction of sp³-hybridized carbons (Fsp3) is 0.357. The number of carbonyl (C=O) groups excluding carboxylic acids is 2. The van der Waals surface area contributed by atoms with Crippen LogP contribution in [0, 0.1) is 6.92 Å². The molecule has 15 heteroatoms. The number of benzene rings is 2. The number of carbonyl (C=O) groups is 2. The van der Waals surface area contributed by atoms with Crippen LogP contribution in [0.2, 0.25) is 0 Å². The number of amidine groups is 1. The van der Waals surface area contributed by atoms with Crippen LogP contribution in [0.3, 0.4) is 0 Å². The van der Waals surface area contributed by atoms with Crippen molar-refractivity contribution in [3.05, 3.63) is 65.9 Å². The Kier molecular flexibility index (Phi) is 10.9. The number of hydrogen-bond acceptors (Lipinski definition) is 7. The number of aromatic nitrogens is 2. The highest BCUT2D eigenvalue weighted by atomic mass is 32.2. The highest BCUT2D eigenvalue weighted by molar-refractivity contribution is 7.90. The number of aryl methyl sites for hydroxylation is 1. The fourth-order valence-corrected chi connectivity index (χ4v) is 5.14. The van der Waals surface area contributed by atoms with Gasteiger partial charge in [-0.05, 0) is 50.1 Å². The smallest absolute Gasteiger partial charge is 0.409 e. The number of oxime groups is 1. The van der Waals surface area contributed by atoms with Crippen molar-refractivity contribution in [3.8, 4) is 16.9 Å². The molecular weight excluding hydrogens is 589 g/mol. The molecule has 232 valence electrons. The van der Waals surface area contributed by atoms with E-state index in [0.717, 1.165) is 28.4 Å². The number of unbranched alkanes of at least 4 members (excludes halogenated alkanes) is 2. The summed E-state index contributed by atoms with van der Waals surface area (Å²) >= 11 is 0. The van der Waals surface area contributed by atoms with E-state index in [1.165, 1.54) is 12.1 Å². The molecule has 0 spiro atoms. The number of rotatable bonds is 13. The molecule has 1 atom stereocenters. The Labute approximate surface area is 247 Å². The molecule has 0 fully saturated rings. The standard InChI is InChI=1S/C28H33F3N6O5S/c1-3-26(38)33-22(7-5-4-6-8-25(32)35-40)27(39)36-43(41,42)21-15-13-20(14-16-21)37-23(17-24(34-37)28(29,30)31)19-11-9-18(2)10-12-19/h9-17,22,40H,3-8H2,1-2H3,(H2,32,35)(H,33,38)(H,36,39)/t22-/m0/s1. The molecule has 1 aromatic heterocycles. The molecule has 5 N–H and O–H groups in total. The molecule has 0 aliphatic rings. The molecule has 0 bridgehead atoms. The normalized spacial score (nSPS) is 13.0. The second kappa shape index (κ2) is 14.2. The number of nitrogens with zero attached hydrogens (tertiary/aromatic N) is 3. The lowest BCUT2D eigenvalue weighted by Crippen LogP contribution is -2.48. The Morgan fingerprint density at radius 2 is 1.72 bits per heavy atom. The van der Waals surface area contributed by atoms with Crippen molar-refractivity contribution in [1.82, 2.24) is 19.8 Å². The minimum absolute atomic E-state index is 0.0606. The molecule has 2 aromatic carbocycles. The molecule has 3 rings (SSSR count). The lowest BCUT2D eigenvalue weighted by molar-refractivity contribution is -0.141. The third kappa shape index (κ3) is 9.04. The third-order valence-electron chi connectivity index (χ3n) is 6.50. The van der Waals surface area contributed by atoms with E-state index in [4.69, 9.17) is 10.9 Å². The van der Waals surface area contributed by atoms with Crippen LogP contribution in [0.4, 0.5) is 13.2 Å². The number of nitrogens with two attached hydrogens (primary N) is 1. The summed E-state index contributed by atoms with van der Waals surface area (Å²) < 4.78 is 69.6. The monoisotopic (exact) mass is 622 g/mol. The summed E-state index contributed by atoms with van der Waals surface area (Å²) in [6.07, 6.45) is -2.57. The second-order valence-corrected chi connectivity index (χ2v) is 11.5. The van der Waals surface area contributed by atoms with Crippen LogP contribution in [0.25, 0.3) is 16.9 Å². The summed E-state index contributed by atoms with van der Waals surface area (Å²) in [5.74, 6) is -1.32. The van der Waals surface area contributed by atoms with Gasteiger partial charge in [0.2, 0.25) is 5.91 Å². The van der Waals surface area contributed by atoms with Crippen molar-refractivity contribution in [1.29, 1.82) is 0 Å². The van der Waals surface area contributed by atoms with E-state index in [9.17, 15) is 31.2 Å². The van der Waals surface area contributed by atoms with E-state index in [2.05, 4.69) is 15.6 Å². The van der Waals surface area contributed by atoms with Gasteiger partial charge >= 0.3 is 6.18 Å².